The fourth-order valence-corrected chi connectivity index (χ4v) is 1.18. The molecule has 74 valence electrons. The highest BCUT2D eigenvalue weighted by Gasteiger charge is 2.06. The third kappa shape index (κ3) is 2.13. The molecule has 0 unspecified atom stereocenters. The van der Waals surface area contributed by atoms with Gasteiger partial charge in [-0.1, -0.05) is 12.1 Å². The van der Waals surface area contributed by atoms with Gasteiger partial charge in [0, 0.05) is 6.08 Å². The molecule has 0 N–H and O–H groups in total. The van der Waals surface area contributed by atoms with Crippen molar-refractivity contribution in [3.05, 3.63) is 35.9 Å². The van der Waals surface area contributed by atoms with Crippen molar-refractivity contribution in [2.75, 3.05) is 14.2 Å². The van der Waals surface area contributed by atoms with Gasteiger partial charge >= 0.3 is 0 Å². The largest absolute Gasteiger partial charge is 0.496 e. The molecule has 0 saturated carbocycles. The monoisotopic (exact) mass is 192 g/mol. The Kier molecular flexibility index (Phi) is 3.73. The highest BCUT2D eigenvalue weighted by Crippen LogP contribution is 2.25. The van der Waals surface area contributed by atoms with Crippen molar-refractivity contribution >= 4 is 12.0 Å². The molecule has 0 spiro atoms. The number of hydrogen-bond acceptors (Lipinski definition) is 3. The lowest BCUT2D eigenvalue weighted by Gasteiger charge is -2.09. The van der Waals surface area contributed by atoms with E-state index in [-0.39, 0.29) is 0 Å². The van der Waals surface area contributed by atoms with E-state index in [1.54, 1.807) is 7.11 Å². The molecule has 0 aliphatic rings. The Morgan fingerprint density at radius 2 is 2.00 bits per heavy atom. The Balaban J connectivity index is 3.15. The van der Waals surface area contributed by atoms with Gasteiger partial charge in [0.2, 0.25) is 0 Å². The summed E-state index contributed by atoms with van der Waals surface area (Å²) >= 11 is 0. The Hall–Kier alpha value is -1.77. The molecule has 0 aliphatic heterocycles. The summed E-state index contributed by atoms with van der Waals surface area (Å²) in [5, 5.41) is 0. The Bertz CT molecular complexity index is 342. The predicted molar refractivity (Wildman–Crippen MR) is 54.0 cm³/mol. The van der Waals surface area contributed by atoms with Crippen molar-refractivity contribution in [3.63, 3.8) is 0 Å². The zero-order valence-corrected chi connectivity index (χ0v) is 8.19. The van der Waals surface area contributed by atoms with Gasteiger partial charge in [0.1, 0.15) is 17.8 Å². The molecule has 14 heavy (non-hydrogen) atoms. The average Bonchev–Trinajstić information content (AvgIpc) is 2.26. The zero-order valence-electron chi connectivity index (χ0n) is 8.19. The second-order valence-corrected chi connectivity index (χ2v) is 2.57. The third-order valence-electron chi connectivity index (χ3n) is 1.81. The fraction of sp³-hybridized carbons (Fsp3) is 0.182. The van der Waals surface area contributed by atoms with Crippen LogP contribution in [0.25, 0.3) is 5.76 Å². The van der Waals surface area contributed by atoms with Crippen LogP contribution in [0.2, 0.25) is 0 Å². The van der Waals surface area contributed by atoms with Crippen LogP contribution in [0.5, 0.6) is 5.75 Å². The molecular formula is C11H12O3. The molecule has 0 bridgehead atoms. The van der Waals surface area contributed by atoms with Crippen LogP contribution in [0, 0.1) is 0 Å². The Morgan fingerprint density at radius 3 is 2.57 bits per heavy atom. The molecule has 0 heterocycles. The van der Waals surface area contributed by atoms with Crippen molar-refractivity contribution in [3.8, 4) is 5.75 Å². The first-order valence-electron chi connectivity index (χ1n) is 4.16. The minimum absolute atomic E-state index is 0.498. The number of ether oxygens (including phenoxy) is 2. The van der Waals surface area contributed by atoms with Crippen LogP contribution in [-0.2, 0) is 9.53 Å². The normalized spacial score (nSPS) is 10.9. The first-order chi connectivity index (χ1) is 6.83. The summed E-state index contributed by atoms with van der Waals surface area (Å²) in [4.78, 5) is 10.3. The molecule has 0 amide bonds. The molecule has 3 nitrogen and oxygen atoms in total. The van der Waals surface area contributed by atoms with E-state index in [1.807, 2.05) is 24.3 Å². The fourth-order valence-electron chi connectivity index (χ4n) is 1.18. The minimum atomic E-state index is 0.498. The number of carbonyl (C=O) groups is 1. The molecule has 1 rings (SSSR count). The number of hydrogen-bond donors (Lipinski definition) is 0. The molecule has 1 aromatic carbocycles. The van der Waals surface area contributed by atoms with Crippen molar-refractivity contribution < 1.29 is 14.3 Å². The maximum absolute atomic E-state index is 10.3. The lowest BCUT2D eigenvalue weighted by Crippen LogP contribution is -1.93. The van der Waals surface area contributed by atoms with E-state index in [4.69, 9.17) is 9.47 Å². The molecule has 0 atom stereocenters. The number of rotatable bonds is 4. The quantitative estimate of drug-likeness (QED) is 0.415. The van der Waals surface area contributed by atoms with Gasteiger partial charge in [0.25, 0.3) is 0 Å². The number of aldehydes is 1. The maximum atomic E-state index is 10.3. The smallest absolute Gasteiger partial charge is 0.146 e. The minimum Gasteiger partial charge on any atom is -0.496 e. The van der Waals surface area contributed by atoms with E-state index in [9.17, 15) is 4.79 Å². The highest BCUT2D eigenvalue weighted by molar-refractivity contribution is 5.80. The predicted octanol–water partition coefficient (Wildman–Crippen LogP) is 1.88. The highest BCUT2D eigenvalue weighted by atomic mass is 16.5. The van der Waals surface area contributed by atoms with Gasteiger partial charge in [-0.3, -0.25) is 4.79 Å². The second-order valence-electron chi connectivity index (χ2n) is 2.57. The van der Waals surface area contributed by atoms with Crippen LogP contribution in [0.15, 0.2) is 30.3 Å². The topological polar surface area (TPSA) is 35.5 Å². The molecule has 0 saturated heterocycles. The lowest BCUT2D eigenvalue weighted by atomic mass is 10.1. The van der Waals surface area contributed by atoms with E-state index < -0.39 is 0 Å². The maximum Gasteiger partial charge on any atom is 0.146 e. The van der Waals surface area contributed by atoms with Crippen LogP contribution in [0.3, 0.4) is 0 Å². The summed E-state index contributed by atoms with van der Waals surface area (Å²) in [6.45, 7) is 0. The summed E-state index contributed by atoms with van der Waals surface area (Å²) in [5.74, 6) is 1.18. The van der Waals surface area contributed by atoms with Crippen LogP contribution < -0.4 is 4.74 Å². The lowest BCUT2D eigenvalue weighted by molar-refractivity contribution is -0.104. The molecular weight excluding hydrogens is 180 g/mol. The standard InChI is InChI=1S/C11H12O3/c1-13-10-6-4-3-5-9(10)11(14-2)7-8-12/h3-8H,1-2H3. The number of allylic oxidation sites excluding steroid dienone is 1. The molecule has 0 fully saturated rings. The van der Waals surface area contributed by atoms with E-state index >= 15 is 0 Å². The summed E-state index contributed by atoms with van der Waals surface area (Å²) in [7, 11) is 3.09. The van der Waals surface area contributed by atoms with Crippen molar-refractivity contribution in [1.82, 2.24) is 0 Å². The van der Waals surface area contributed by atoms with Crippen LogP contribution in [0.4, 0.5) is 0 Å². The van der Waals surface area contributed by atoms with Crippen LogP contribution >= 0.6 is 0 Å². The van der Waals surface area contributed by atoms with Gasteiger partial charge in [0.05, 0.1) is 19.8 Å². The molecule has 0 aliphatic carbocycles. The van der Waals surface area contributed by atoms with E-state index in [1.165, 1.54) is 13.2 Å². The third-order valence-corrected chi connectivity index (χ3v) is 1.81. The van der Waals surface area contributed by atoms with Crippen molar-refractivity contribution in [2.24, 2.45) is 0 Å². The first-order valence-corrected chi connectivity index (χ1v) is 4.16. The van der Waals surface area contributed by atoms with Crippen molar-refractivity contribution in [2.45, 2.75) is 0 Å². The zero-order chi connectivity index (χ0) is 10.4. The molecule has 0 aromatic heterocycles. The number of para-hydroxylation sites is 1. The van der Waals surface area contributed by atoms with Crippen LogP contribution in [-0.4, -0.2) is 20.5 Å². The SMILES string of the molecule is COC(=CC=O)c1ccccc1OC. The number of methoxy groups -OCH3 is 2. The van der Waals surface area contributed by atoms with Crippen molar-refractivity contribution in [1.29, 1.82) is 0 Å². The van der Waals surface area contributed by atoms with E-state index in [2.05, 4.69) is 0 Å². The molecule has 3 heteroatoms. The summed E-state index contributed by atoms with van der Waals surface area (Å²) in [6.07, 6.45) is 2.04. The van der Waals surface area contributed by atoms with E-state index in [0.717, 1.165) is 5.56 Å². The van der Waals surface area contributed by atoms with Gasteiger partial charge in [-0.05, 0) is 12.1 Å². The van der Waals surface area contributed by atoms with Gasteiger partial charge < -0.3 is 9.47 Å². The van der Waals surface area contributed by atoms with E-state index in [0.29, 0.717) is 17.8 Å². The summed E-state index contributed by atoms with van der Waals surface area (Å²) in [6, 6.07) is 7.36. The first kappa shape index (κ1) is 10.3. The summed E-state index contributed by atoms with van der Waals surface area (Å²) < 4.78 is 10.2. The molecule has 1 aromatic rings. The van der Waals surface area contributed by atoms with Crippen LogP contribution in [0.1, 0.15) is 5.56 Å². The Morgan fingerprint density at radius 1 is 1.29 bits per heavy atom. The average molecular weight is 192 g/mol. The second kappa shape index (κ2) is 5.07. The Labute approximate surface area is 83.0 Å². The van der Waals surface area contributed by atoms with Gasteiger partial charge in [-0.15, -0.1) is 0 Å². The summed E-state index contributed by atoms with van der Waals surface area (Å²) in [5.41, 5.74) is 0.768. The van der Waals surface area contributed by atoms with Gasteiger partial charge in [-0.2, -0.15) is 0 Å². The van der Waals surface area contributed by atoms with Gasteiger partial charge in [0.15, 0.2) is 0 Å². The van der Waals surface area contributed by atoms with Gasteiger partial charge in [-0.25, -0.2) is 0 Å². The number of benzene rings is 1. The molecule has 0 radical (unpaired) electrons. The number of carbonyl (C=O) groups excluding carboxylic acids is 1.